The fourth-order valence-electron chi connectivity index (χ4n) is 4.25. The van der Waals surface area contributed by atoms with E-state index in [2.05, 4.69) is 4.90 Å². The van der Waals surface area contributed by atoms with Gasteiger partial charge in [0.2, 0.25) is 5.91 Å². The molecule has 30 heavy (non-hydrogen) atoms. The quantitative estimate of drug-likeness (QED) is 0.708. The Bertz CT molecular complexity index is 1010. The van der Waals surface area contributed by atoms with Crippen molar-refractivity contribution >= 4 is 21.4 Å². The molecule has 2 aromatic carbocycles. The zero-order valence-corrected chi connectivity index (χ0v) is 18.2. The summed E-state index contributed by atoms with van der Waals surface area (Å²) in [5.74, 6) is 0.592. The van der Waals surface area contributed by atoms with Gasteiger partial charge in [0.05, 0.1) is 17.8 Å². The number of sulfone groups is 1. The number of fused-ring (bicyclic) bond motifs is 1. The Kier molecular flexibility index (Phi) is 5.99. The number of hydrogen-bond donors (Lipinski definition) is 0. The summed E-state index contributed by atoms with van der Waals surface area (Å²) in [6.07, 6.45) is 3.08. The van der Waals surface area contributed by atoms with E-state index in [1.54, 1.807) is 24.1 Å². The highest BCUT2D eigenvalue weighted by atomic mass is 32.2. The molecular weight excluding hydrogens is 400 g/mol. The molecule has 1 amide bonds. The second-order valence-electron chi connectivity index (χ2n) is 7.92. The van der Waals surface area contributed by atoms with Crippen molar-refractivity contribution in [3.05, 3.63) is 53.6 Å². The molecule has 0 radical (unpaired) electrons. The minimum absolute atomic E-state index is 0.0297. The average molecular weight is 429 g/mol. The van der Waals surface area contributed by atoms with Crippen molar-refractivity contribution in [1.29, 1.82) is 0 Å². The lowest BCUT2D eigenvalue weighted by Crippen LogP contribution is -2.49. The van der Waals surface area contributed by atoms with Crippen molar-refractivity contribution in [3.8, 4) is 5.75 Å². The summed E-state index contributed by atoms with van der Waals surface area (Å²) in [4.78, 5) is 17.0. The van der Waals surface area contributed by atoms with Crippen LogP contribution in [0.15, 0.2) is 47.4 Å². The van der Waals surface area contributed by atoms with E-state index in [1.807, 2.05) is 30.3 Å². The molecule has 1 heterocycles. The van der Waals surface area contributed by atoms with E-state index in [-0.39, 0.29) is 18.1 Å². The Morgan fingerprint density at radius 2 is 1.67 bits per heavy atom. The van der Waals surface area contributed by atoms with Gasteiger partial charge in [0.15, 0.2) is 9.84 Å². The van der Waals surface area contributed by atoms with Crippen LogP contribution in [0.4, 0.5) is 5.69 Å². The topological polar surface area (TPSA) is 66.9 Å². The van der Waals surface area contributed by atoms with Crippen molar-refractivity contribution in [2.24, 2.45) is 0 Å². The number of piperazine rings is 1. The molecule has 7 heteroatoms. The fraction of sp³-hybridized carbons (Fsp3) is 0.435. The summed E-state index contributed by atoms with van der Waals surface area (Å²) >= 11 is 0. The van der Waals surface area contributed by atoms with Gasteiger partial charge in [-0.25, -0.2) is 8.42 Å². The Balaban J connectivity index is 1.30. The lowest BCUT2D eigenvalue weighted by atomic mass is 10.1. The monoisotopic (exact) mass is 428 g/mol. The first-order valence-corrected chi connectivity index (χ1v) is 12.1. The van der Waals surface area contributed by atoms with Crippen LogP contribution in [0.2, 0.25) is 0 Å². The van der Waals surface area contributed by atoms with Gasteiger partial charge in [-0.3, -0.25) is 4.79 Å². The van der Waals surface area contributed by atoms with E-state index in [0.717, 1.165) is 49.4 Å². The third kappa shape index (κ3) is 4.46. The molecule has 1 aliphatic carbocycles. The van der Waals surface area contributed by atoms with Crippen LogP contribution in [0.1, 0.15) is 24.0 Å². The van der Waals surface area contributed by atoms with Gasteiger partial charge in [0, 0.05) is 38.3 Å². The number of anilines is 1. The molecule has 1 fully saturated rings. The second kappa shape index (κ2) is 8.68. The van der Waals surface area contributed by atoms with E-state index in [1.165, 1.54) is 5.56 Å². The maximum absolute atomic E-state index is 12.7. The third-order valence-corrected chi connectivity index (χ3v) is 7.80. The van der Waals surface area contributed by atoms with Crippen LogP contribution in [0.25, 0.3) is 0 Å². The largest absolute Gasteiger partial charge is 0.497 e. The number of nitrogens with zero attached hydrogens (tertiary/aromatic N) is 2. The number of hydrogen-bond acceptors (Lipinski definition) is 5. The maximum Gasteiger partial charge on any atom is 0.223 e. The van der Waals surface area contributed by atoms with Crippen molar-refractivity contribution in [2.45, 2.75) is 30.6 Å². The summed E-state index contributed by atoms with van der Waals surface area (Å²) in [5.41, 5.74) is 3.49. The highest BCUT2D eigenvalue weighted by Gasteiger charge is 2.24. The van der Waals surface area contributed by atoms with E-state index in [4.69, 9.17) is 4.74 Å². The summed E-state index contributed by atoms with van der Waals surface area (Å²) in [5, 5.41) is 0. The van der Waals surface area contributed by atoms with Crippen molar-refractivity contribution in [1.82, 2.24) is 4.90 Å². The number of rotatable bonds is 6. The minimum Gasteiger partial charge on any atom is -0.497 e. The first kappa shape index (κ1) is 20.7. The highest BCUT2D eigenvalue weighted by molar-refractivity contribution is 7.91. The van der Waals surface area contributed by atoms with Crippen LogP contribution in [-0.4, -0.2) is 58.3 Å². The Morgan fingerprint density at radius 3 is 2.37 bits per heavy atom. The predicted molar refractivity (Wildman–Crippen MR) is 117 cm³/mol. The highest BCUT2D eigenvalue weighted by Crippen LogP contribution is 2.26. The Hall–Kier alpha value is -2.54. The molecule has 160 valence electrons. The molecule has 6 nitrogen and oxygen atoms in total. The van der Waals surface area contributed by atoms with Crippen LogP contribution in [0.5, 0.6) is 5.75 Å². The zero-order chi connectivity index (χ0) is 21.1. The molecule has 0 aromatic heterocycles. The molecule has 0 N–H and O–H groups in total. The molecule has 2 aliphatic rings. The second-order valence-corrected chi connectivity index (χ2v) is 10.0. The Morgan fingerprint density at radius 1 is 0.967 bits per heavy atom. The molecule has 0 saturated carbocycles. The number of aryl methyl sites for hydroxylation is 2. The molecule has 0 bridgehead atoms. The molecule has 0 unspecified atom stereocenters. The van der Waals surface area contributed by atoms with E-state index in [0.29, 0.717) is 18.0 Å². The number of amides is 1. The van der Waals surface area contributed by atoms with Crippen LogP contribution in [0.3, 0.4) is 0 Å². The predicted octanol–water partition coefficient (Wildman–Crippen LogP) is 2.70. The Labute approximate surface area is 178 Å². The van der Waals surface area contributed by atoms with Crippen LogP contribution < -0.4 is 9.64 Å². The van der Waals surface area contributed by atoms with Gasteiger partial charge in [0.1, 0.15) is 5.75 Å². The lowest BCUT2D eigenvalue weighted by molar-refractivity contribution is -0.131. The number of carbonyl (C=O) groups excluding carboxylic acids is 1. The summed E-state index contributed by atoms with van der Waals surface area (Å²) < 4.78 is 30.6. The number of benzene rings is 2. The maximum atomic E-state index is 12.7. The van der Waals surface area contributed by atoms with Crippen LogP contribution >= 0.6 is 0 Å². The van der Waals surface area contributed by atoms with Crippen LogP contribution in [-0.2, 0) is 27.5 Å². The van der Waals surface area contributed by atoms with Gasteiger partial charge in [-0.05, 0) is 66.8 Å². The lowest BCUT2D eigenvalue weighted by Gasteiger charge is -2.36. The zero-order valence-electron chi connectivity index (χ0n) is 17.3. The van der Waals surface area contributed by atoms with Gasteiger partial charge >= 0.3 is 0 Å². The van der Waals surface area contributed by atoms with Crippen molar-refractivity contribution < 1.29 is 17.9 Å². The van der Waals surface area contributed by atoms with E-state index >= 15 is 0 Å². The number of carbonyl (C=O) groups is 1. The van der Waals surface area contributed by atoms with Crippen molar-refractivity contribution in [2.75, 3.05) is 43.9 Å². The van der Waals surface area contributed by atoms with Gasteiger partial charge in [-0.1, -0.05) is 6.07 Å². The smallest absolute Gasteiger partial charge is 0.223 e. The molecule has 2 aromatic rings. The molecule has 0 spiro atoms. The fourth-order valence-corrected chi connectivity index (χ4v) is 5.52. The standard InChI is InChI=1S/C23H28N2O4S/c1-29-21-8-6-20(7-9-21)24-12-14-25(15-13-24)23(26)11-16-30(27,28)22-10-5-18-3-2-4-19(18)17-22/h5-10,17H,2-4,11-16H2,1H3. The molecule has 1 saturated heterocycles. The van der Waals surface area contributed by atoms with Crippen molar-refractivity contribution in [3.63, 3.8) is 0 Å². The van der Waals surface area contributed by atoms with Crippen LogP contribution in [0, 0.1) is 0 Å². The molecule has 4 rings (SSSR count). The summed E-state index contributed by atoms with van der Waals surface area (Å²) in [6.45, 7) is 2.67. The first-order valence-electron chi connectivity index (χ1n) is 10.5. The van der Waals surface area contributed by atoms with E-state index in [9.17, 15) is 13.2 Å². The van der Waals surface area contributed by atoms with Gasteiger partial charge in [-0.15, -0.1) is 0 Å². The number of methoxy groups -OCH3 is 1. The minimum atomic E-state index is -3.45. The summed E-state index contributed by atoms with van der Waals surface area (Å²) in [6, 6.07) is 13.3. The first-order chi connectivity index (χ1) is 14.5. The molecular formula is C23H28N2O4S. The summed E-state index contributed by atoms with van der Waals surface area (Å²) in [7, 11) is -1.80. The average Bonchev–Trinajstić information content (AvgIpc) is 3.26. The normalized spacial score (nSPS) is 16.4. The third-order valence-electron chi connectivity index (χ3n) is 6.08. The SMILES string of the molecule is COc1ccc(N2CCN(C(=O)CCS(=O)(=O)c3ccc4c(c3)CCC4)CC2)cc1. The van der Waals surface area contributed by atoms with Gasteiger partial charge < -0.3 is 14.5 Å². The number of ether oxygens (including phenoxy) is 1. The van der Waals surface area contributed by atoms with Gasteiger partial charge in [-0.2, -0.15) is 0 Å². The van der Waals surface area contributed by atoms with E-state index < -0.39 is 9.84 Å². The van der Waals surface area contributed by atoms with Gasteiger partial charge in [0.25, 0.3) is 0 Å². The molecule has 1 aliphatic heterocycles. The molecule has 0 atom stereocenters.